The summed E-state index contributed by atoms with van der Waals surface area (Å²) in [5.74, 6) is 2.38. The SMILES string of the molecule is C[C@]12CCC(=O)C=C1C[C@@H](Sc1ccc(N)cc1)C1C2CC[C@]2(C)C(=O)CCC12. The Bertz CT molecular complexity index is 891. The molecule has 3 fully saturated rings. The molecule has 154 valence electrons. The number of hydrogen-bond donors (Lipinski definition) is 1. The Hall–Kier alpha value is -1.55. The van der Waals surface area contributed by atoms with Gasteiger partial charge < -0.3 is 5.73 Å². The lowest BCUT2D eigenvalue weighted by molar-refractivity contribution is -0.132. The van der Waals surface area contributed by atoms with Crippen LogP contribution in [0.15, 0.2) is 40.8 Å². The van der Waals surface area contributed by atoms with Crippen molar-refractivity contribution < 1.29 is 9.59 Å². The van der Waals surface area contributed by atoms with Crippen molar-refractivity contribution >= 4 is 29.0 Å². The van der Waals surface area contributed by atoms with E-state index in [0.717, 1.165) is 44.2 Å². The second-order valence-corrected chi connectivity index (χ2v) is 11.5. The van der Waals surface area contributed by atoms with Gasteiger partial charge in [-0.05, 0) is 85.6 Å². The number of thioether (sulfide) groups is 1. The number of rotatable bonds is 2. The summed E-state index contributed by atoms with van der Waals surface area (Å²) in [5.41, 5.74) is 8.05. The smallest absolute Gasteiger partial charge is 0.155 e. The minimum atomic E-state index is -0.136. The molecular weight excluding hydrogens is 378 g/mol. The molecule has 3 nitrogen and oxygen atoms in total. The number of anilines is 1. The molecule has 29 heavy (non-hydrogen) atoms. The molecule has 3 unspecified atom stereocenters. The van der Waals surface area contributed by atoms with Gasteiger partial charge in [0.25, 0.3) is 0 Å². The first-order chi connectivity index (χ1) is 13.8. The van der Waals surface area contributed by atoms with Crippen LogP contribution >= 0.6 is 11.8 Å². The highest BCUT2D eigenvalue weighted by Crippen LogP contribution is 2.66. The molecule has 0 aliphatic heterocycles. The number of nitrogen functional groups attached to an aromatic ring is 1. The van der Waals surface area contributed by atoms with Crippen LogP contribution in [-0.4, -0.2) is 16.8 Å². The van der Waals surface area contributed by atoms with Gasteiger partial charge in [-0.3, -0.25) is 9.59 Å². The third kappa shape index (κ3) is 2.93. The standard InChI is InChI=1S/C25H31NO2S/c1-24-11-9-17(27)13-15(24)14-21(29-18-5-3-16(26)4-6-18)23-19-7-8-22(28)25(19,2)12-10-20(23)24/h3-6,13,19-21,23H,7-12,14,26H2,1-2H3/t19?,20?,21-,23?,24+,25+/m1/s1. The minimum absolute atomic E-state index is 0.129. The van der Waals surface area contributed by atoms with Crippen LogP contribution in [0.25, 0.3) is 0 Å². The van der Waals surface area contributed by atoms with E-state index in [2.05, 4.69) is 26.0 Å². The molecule has 0 saturated heterocycles. The van der Waals surface area contributed by atoms with E-state index in [1.807, 2.05) is 30.0 Å². The molecule has 5 rings (SSSR count). The van der Waals surface area contributed by atoms with Gasteiger partial charge >= 0.3 is 0 Å². The summed E-state index contributed by atoms with van der Waals surface area (Å²) in [7, 11) is 0. The summed E-state index contributed by atoms with van der Waals surface area (Å²) < 4.78 is 0. The summed E-state index contributed by atoms with van der Waals surface area (Å²) in [6.45, 7) is 4.65. The average Bonchev–Trinajstić information content (AvgIpc) is 3.00. The maximum Gasteiger partial charge on any atom is 0.155 e. The third-order valence-electron chi connectivity index (χ3n) is 8.84. The Labute approximate surface area is 177 Å². The Kier molecular flexibility index (Phi) is 4.51. The van der Waals surface area contributed by atoms with Gasteiger partial charge in [0, 0.05) is 34.1 Å². The highest BCUT2D eigenvalue weighted by molar-refractivity contribution is 8.00. The van der Waals surface area contributed by atoms with Crippen molar-refractivity contribution in [3.05, 3.63) is 35.9 Å². The number of benzene rings is 1. The van der Waals surface area contributed by atoms with E-state index < -0.39 is 0 Å². The molecule has 0 amide bonds. The largest absolute Gasteiger partial charge is 0.399 e. The summed E-state index contributed by atoms with van der Waals surface area (Å²) >= 11 is 1.94. The lowest BCUT2D eigenvalue weighted by Crippen LogP contribution is -2.54. The molecular formula is C25H31NO2S. The second-order valence-electron chi connectivity index (χ2n) is 10.2. The fourth-order valence-electron chi connectivity index (χ4n) is 7.11. The Morgan fingerprint density at radius 3 is 2.45 bits per heavy atom. The molecule has 1 aromatic carbocycles. The first-order valence-corrected chi connectivity index (χ1v) is 12.0. The first kappa shape index (κ1) is 19.4. The summed E-state index contributed by atoms with van der Waals surface area (Å²) in [4.78, 5) is 26.3. The van der Waals surface area contributed by atoms with E-state index in [1.165, 1.54) is 10.5 Å². The number of Topliss-reactive ketones (excluding diaryl/α,β-unsaturated/α-hetero) is 1. The monoisotopic (exact) mass is 409 g/mol. The second kappa shape index (κ2) is 6.73. The minimum Gasteiger partial charge on any atom is -0.399 e. The predicted molar refractivity (Wildman–Crippen MR) is 118 cm³/mol. The summed E-state index contributed by atoms with van der Waals surface area (Å²) in [5, 5.41) is 0.421. The van der Waals surface area contributed by atoms with Crippen molar-refractivity contribution in [1.29, 1.82) is 0 Å². The van der Waals surface area contributed by atoms with E-state index in [9.17, 15) is 9.59 Å². The molecule has 4 aliphatic rings. The van der Waals surface area contributed by atoms with Gasteiger partial charge in [-0.15, -0.1) is 11.8 Å². The Balaban J connectivity index is 1.56. The van der Waals surface area contributed by atoms with Crippen molar-refractivity contribution in [2.45, 2.75) is 68.9 Å². The average molecular weight is 410 g/mol. The molecule has 2 N–H and O–H groups in total. The van der Waals surface area contributed by atoms with Crippen LogP contribution in [0.5, 0.6) is 0 Å². The number of allylic oxidation sites excluding steroid dienone is 1. The maximum atomic E-state index is 12.8. The maximum absolute atomic E-state index is 12.8. The Morgan fingerprint density at radius 2 is 1.69 bits per heavy atom. The topological polar surface area (TPSA) is 60.2 Å². The quantitative estimate of drug-likeness (QED) is 0.661. The first-order valence-electron chi connectivity index (χ1n) is 11.1. The molecule has 0 radical (unpaired) electrons. The molecule has 3 saturated carbocycles. The van der Waals surface area contributed by atoms with Crippen molar-refractivity contribution in [1.82, 2.24) is 0 Å². The zero-order chi connectivity index (χ0) is 20.4. The van der Waals surface area contributed by atoms with Crippen molar-refractivity contribution in [2.75, 3.05) is 5.73 Å². The molecule has 4 aliphatic carbocycles. The van der Waals surface area contributed by atoms with Gasteiger partial charge in [-0.1, -0.05) is 19.4 Å². The van der Waals surface area contributed by atoms with Crippen LogP contribution in [0.1, 0.15) is 58.8 Å². The fourth-order valence-corrected chi connectivity index (χ4v) is 8.56. The fraction of sp³-hybridized carbons (Fsp3) is 0.600. The number of hydrogen-bond acceptors (Lipinski definition) is 4. The van der Waals surface area contributed by atoms with Gasteiger partial charge in [-0.2, -0.15) is 0 Å². The van der Waals surface area contributed by atoms with E-state index in [0.29, 0.717) is 41.0 Å². The van der Waals surface area contributed by atoms with Crippen molar-refractivity contribution in [3.63, 3.8) is 0 Å². The van der Waals surface area contributed by atoms with Crippen molar-refractivity contribution in [2.24, 2.45) is 28.6 Å². The molecule has 0 aromatic heterocycles. The van der Waals surface area contributed by atoms with Crippen LogP contribution in [0.2, 0.25) is 0 Å². The van der Waals surface area contributed by atoms with Gasteiger partial charge in [0.2, 0.25) is 0 Å². The van der Waals surface area contributed by atoms with E-state index >= 15 is 0 Å². The number of fused-ring (bicyclic) bond motifs is 5. The van der Waals surface area contributed by atoms with Gasteiger partial charge in [0.15, 0.2) is 5.78 Å². The zero-order valence-electron chi connectivity index (χ0n) is 17.4. The van der Waals surface area contributed by atoms with Crippen molar-refractivity contribution in [3.8, 4) is 0 Å². The molecule has 1 aromatic rings. The van der Waals surface area contributed by atoms with E-state index in [-0.39, 0.29) is 10.8 Å². The lowest BCUT2D eigenvalue weighted by atomic mass is 9.47. The van der Waals surface area contributed by atoms with Crippen LogP contribution in [-0.2, 0) is 9.59 Å². The lowest BCUT2D eigenvalue weighted by Gasteiger charge is -2.59. The number of nitrogens with two attached hydrogens (primary N) is 1. The zero-order valence-corrected chi connectivity index (χ0v) is 18.3. The summed E-state index contributed by atoms with van der Waals surface area (Å²) in [6.07, 6.45) is 8.54. The van der Waals surface area contributed by atoms with Gasteiger partial charge in [0.1, 0.15) is 5.78 Å². The predicted octanol–water partition coefficient (Wildman–Crippen LogP) is 5.44. The van der Waals surface area contributed by atoms with E-state index in [1.54, 1.807) is 0 Å². The van der Waals surface area contributed by atoms with Gasteiger partial charge in [-0.25, -0.2) is 0 Å². The van der Waals surface area contributed by atoms with Crippen LogP contribution in [0.4, 0.5) is 5.69 Å². The molecule has 0 heterocycles. The molecule has 0 bridgehead atoms. The third-order valence-corrected chi connectivity index (χ3v) is 10.2. The number of carbonyl (C=O) groups excluding carboxylic acids is 2. The van der Waals surface area contributed by atoms with Gasteiger partial charge in [0.05, 0.1) is 0 Å². The normalized spacial score (nSPS) is 41.4. The Morgan fingerprint density at radius 1 is 0.966 bits per heavy atom. The highest BCUT2D eigenvalue weighted by Gasteiger charge is 2.61. The van der Waals surface area contributed by atoms with E-state index in [4.69, 9.17) is 5.73 Å². The van der Waals surface area contributed by atoms with Crippen LogP contribution in [0.3, 0.4) is 0 Å². The molecule has 6 atom stereocenters. The van der Waals surface area contributed by atoms with Crippen LogP contribution in [0, 0.1) is 28.6 Å². The molecule has 0 spiro atoms. The summed E-state index contributed by atoms with van der Waals surface area (Å²) in [6, 6.07) is 8.18. The number of carbonyl (C=O) groups is 2. The number of ketones is 2. The molecule has 4 heteroatoms. The highest BCUT2D eigenvalue weighted by atomic mass is 32.2. The van der Waals surface area contributed by atoms with Crippen LogP contribution < -0.4 is 5.73 Å².